The minimum Gasteiger partial charge on any atom is -0.465 e. The number of nitrogens with zero attached hydrogens (tertiary/aromatic N) is 3. The van der Waals surface area contributed by atoms with E-state index in [-0.39, 0.29) is 21.4 Å². The van der Waals surface area contributed by atoms with E-state index in [9.17, 15) is 13.2 Å². The van der Waals surface area contributed by atoms with Crippen LogP contribution in [0, 0.1) is 6.92 Å². The number of pyridine rings is 1. The van der Waals surface area contributed by atoms with Crippen LogP contribution in [0.15, 0.2) is 47.5 Å². The summed E-state index contributed by atoms with van der Waals surface area (Å²) in [5.74, 6) is 0.0927. The monoisotopic (exact) mass is 379 g/mol. The van der Waals surface area contributed by atoms with Crippen molar-refractivity contribution in [1.82, 2.24) is 8.96 Å². The van der Waals surface area contributed by atoms with Crippen LogP contribution in [-0.2, 0) is 10.0 Å². The Morgan fingerprint density at radius 1 is 1.20 bits per heavy atom. The van der Waals surface area contributed by atoms with Crippen LogP contribution >= 0.6 is 11.6 Å². The van der Waals surface area contributed by atoms with Gasteiger partial charge in [0.2, 0.25) is 0 Å². The highest BCUT2D eigenvalue weighted by Crippen LogP contribution is 2.29. The lowest BCUT2D eigenvalue weighted by Gasteiger charge is -2.12. The quantitative estimate of drug-likeness (QED) is 0.753. The summed E-state index contributed by atoms with van der Waals surface area (Å²) < 4.78 is 26.8. The molecule has 0 fully saturated rings. The molecule has 2 aromatic heterocycles. The van der Waals surface area contributed by atoms with Crippen molar-refractivity contribution in [3.63, 3.8) is 0 Å². The second kappa shape index (κ2) is 6.05. The maximum atomic E-state index is 12.9. The molecule has 9 heteroatoms. The molecule has 130 valence electrons. The molecule has 0 atom stereocenters. The van der Waals surface area contributed by atoms with Gasteiger partial charge < -0.3 is 5.11 Å². The van der Waals surface area contributed by atoms with Gasteiger partial charge >= 0.3 is 6.09 Å². The first-order valence-electron chi connectivity index (χ1n) is 7.18. The van der Waals surface area contributed by atoms with E-state index >= 15 is 0 Å². The van der Waals surface area contributed by atoms with E-state index in [4.69, 9.17) is 16.7 Å². The summed E-state index contributed by atoms with van der Waals surface area (Å²) in [7, 11) is -2.60. The molecule has 0 spiro atoms. The molecule has 2 heterocycles. The Balaban J connectivity index is 2.23. The van der Waals surface area contributed by atoms with Gasteiger partial charge in [0.1, 0.15) is 5.82 Å². The first-order valence-corrected chi connectivity index (χ1v) is 9.00. The second-order valence-corrected chi connectivity index (χ2v) is 7.70. The van der Waals surface area contributed by atoms with E-state index in [1.165, 1.54) is 31.4 Å². The molecule has 0 aliphatic rings. The Hall–Kier alpha value is -2.58. The number of carboxylic acid groups (broad SMARTS) is 1. The Morgan fingerprint density at radius 2 is 1.84 bits per heavy atom. The summed E-state index contributed by atoms with van der Waals surface area (Å²) in [6, 6.07) is 9.38. The van der Waals surface area contributed by atoms with Crippen LogP contribution in [0.3, 0.4) is 0 Å². The third-order valence-electron chi connectivity index (χ3n) is 3.77. The molecular weight excluding hydrogens is 366 g/mol. The molecule has 25 heavy (non-hydrogen) atoms. The Bertz CT molecular complexity index is 1070. The zero-order valence-electron chi connectivity index (χ0n) is 13.3. The molecule has 0 aliphatic heterocycles. The van der Waals surface area contributed by atoms with Crippen molar-refractivity contribution in [2.75, 3.05) is 11.9 Å². The van der Waals surface area contributed by atoms with Crippen LogP contribution < -0.4 is 4.90 Å². The fourth-order valence-corrected chi connectivity index (χ4v) is 3.94. The largest absolute Gasteiger partial charge is 0.465 e. The number of aryl methyl sites for hydroxylation is 1. The summed E-state index contributed by atoms with van der Waals surface area (Å²) in [6.07, 6.45) is 0.0522. The molecule has 1 N–H and O–H groups in total. The van der Waals surface area contributed by atoms with Gasteiger partial charge in [-0.2, -0.15) is 0 Å². The van der Waals surface area contributed by atoms with Crippen LogP contribution in [0.4, 0.5) is 10.6 Å². The summed E-state index contributed by atoms with van der Waals surface area (Å²) in [5, 5.41) is 9.71. The topological polar surface area (TPSA) is 92.5 Å². The van der Waals surface area contributed by atoms with E-state index < -0.39 is 16.1 Å². The van der Waals surface area contributed by atoms with Gasteiger partial charge in [0.15, 0.2) is 5.65 Å². The van der Waals surface area contributed by atoms with Gasteiger partial charge in [-0.25, -0.2) is 22.2 Å². The van der Waals surface area contributed by atoms with Crippen LogP contribution in [0.25, 0.3) is 11.0 Å². The molecule has 0 saturated carbocycles. The first-order chi connectivity index (χ1) is 11.7. The fourth-order valence-electron chi connectivity index (χ4n) is 2.32. The Kier molecular flexibility index (Phi) is 4.18. The molecule has 0 unspecified atom stereocenters. The SMILES string of the molecule is Cc1ccc(S(=O)(=O)n2cc(Cl)c3ccc(N(C)C(=O)O)nc32)cc1. The van der Waals surface area contributed by atoms with Crippen LogP contribution in [0.5, 0.6) is 0 Å². The summed E-state index contributed by atoms with van der Waals surface area (Å²) in [4.78, 5) is 16.3. The number of anilines is 1. The van der Waals surface area contributed by atoms with Crippen molar-refractivity contribution in [3.05, 3.63) is 53.2 Å². The molecule has 3 rings (SSSR count). The lowest BCUT2D eigenvalue weighted by Crippen LogP contribution is -2.25. The van der Waals surface area contributed by atoms with Crippen LogP contribution in [0.2, 0.25) is 5.02 Å². The molecule has 0 aliphatic carbocycles. The number of carbonyl (C=O) groups is 1. The van der Waals surface area contributed by atoms with Gasteiger partial charge in [-0.1, -0.05) is 29.3 Å². The summed E-state index contributed by atoms with van der Waals surface area (Å²) >= 11 is 6.14. The Morgan fingerprint density at radius 3 is 2.44 bits per heavy atom. The van der Waals surface area contributed by atoms with Crippen molar-refractivity contribution in [2.24, 2.45) is 0 Å². The normalized spacial score (nSPS) is 11.6. The number of halogens is 1. The summed E-state index contributed by atoms with van der Waals surface area (Å²) in [5.41, 5.74) is 0.994. The van der Waals surface area contributed by atoms with Crippen LogP contribution in [-0.4, -0.2) is 35.6 Å². The first kappa shape index (κ1) is 17.2. The lowest BCUT2D eigenvalue weighted by atomic mass is 10.2. The third-order valence-corrected chi connectivity index (χ3v) is 5.73. The van der Waals surface area contributed by atoms with Gasteiger partial charge in [-0.05, 0) is 31.2 Å². The standard InChI is InChI=1S/C16H14ClN3O4S/c1-10-3-5-11(6-4-10)25(23,24)20-9-13(17)12-7-8-14(18-15(12)20)19(2)16(21)22/h3-9H,1-2H3,(H,21,22). The number of aromatic nitrogens is 2. The number of amides is 1. The van der Waals surface area contributed by atoms with E-state index in [1.807, 2.05) is 6.92 Å². The second-order valence-electron chi connectivity index (χ2n) is 5.47. The minimum atomic E-state index is -3.92. The smallest absolute Gasteiger partial charge is 0.412 e. The average molecular weight is 380 g/mol. The average Bonchev–Trinajstić information content (AvgIpc) is 2.91. The summed E-state index contributed by atoms with van der Waals surface area (Å²) in [6.45, 7) is 1.86. The van der Waals surface area contributed by atoms with E-state index in [0.29, 0.717) is 5.39 Å². The van der Waals surface area contributed by atoms with Crippen LogP contribution in [0.1, 0.15) is 5.56 Å². The van der Waals surface area contributed by atoms with Crippen molar-refractivity contribution in [2.45, 2.75) is 11.8 Å². The highest BCUT2D eigenvalue weighted by atomic mass is 35.5. The highest BCUT2D eigenvalue weighted by molar-refractivity contribution is 7.90. The van der Waals surface area contributed by atoms with Crippen molar-refractivity contribution in [1.29, 1.82) is 0 Å². The van der Waals surface area contributed by atoms with Crippen molar-refractivity contribution >= 4 is 44.6 Å². The van der Waals surface area contributed by atoms with E-state index in [0.717, 1.165) is 14.4 Å². The number of hydrogen-bond acceptors (Lipinski definition) is 4. The van der Waals surface area contributed by atoms with Gasteiger partial charge in [0.25, 0.3) is 10.0 Å². The predicted octanol–water partition coefficient (Wildman–Crippen LogP) is 3.35. The minimum absolute atomic E-state index is 0.0659. The van der Waals surface area contributed by atoms with E-state index in [2.05, 4.69) is 4.98 Å². The molecule has 0 bridgehead atoms. The number of hydrogen-bond donors (Lipinski definition) is 1. The lowest BCUT2D eigenvalue weighted by molar-refractivity contribution is 0.203. The molecule has 1 aromatic carbocycles. The third kappa shape index (κ3) is 2.94. The molecule has 0 radical (unpaired) electrons. The van der Waals surface area contributed by atoms with E-state index in [1.54, 1.807) is 18.2 Å². The molecule has 1 amide bonds. The maximum absolute atomic E-state index is 12.9. The zero-order valence-corrected chi connectivity index (χ0v) is 14.9. The van der Waals surface area contributed by atoms with Crippen molar-refractivity contribution in [3.8, 4) is 0 Å². The Labute approximate surface area is 149 Å². The fraction of sp³-hybridized carbons (Fsp3) is 0.125. The van der Waals surface area contributed by atoms with Gasteiger partial charge in [0.05, 0.1) is 9.92 Å². The number of rotatable bonds is 3. The number of fused-ring (bicyclic) bond motifs is 1. The number of benzene rings is 1. The zero-order chi connectivity index (χ0) is 18.4. The van der Waals surface area contributed by atoms with Gasteiger partial charge in [0, 0.05) is 18.6 Å². The molecule has 7 nitrogen and oxygen atoms in total. The highest BCUT2D eigenvalue weighted by Gasteiger charge is 2.23. The van der Waals surface area contributed by atoms with Gasteiger partial charge in [-0.3, -0.25) is 4.90 Å². The predicted molar refractivity (Wildman–Crippen MR) is 94.9 cm³/mol. The molecule has 0 saturated heterocycles. The van der Waals surface area contributed by atoms with Gasteiger partial charge in [-0.15, -0.1) is 0 Å². The molecular formula is C16H14ClN3O4S. The van der Waals surface area contributed by atoms with Crippen molar-refractivity contribution < 1.29 is 18.3 Å². The maximum Gasteiger partial charge on any atom is 0.412 e. The molecule has 3 aromatic rings.